The first-order valence-corrected chi connectivity index (χ1v) is 8.68. The Labute approximate surface area is 146 Å². The number of ether oxygens (including phenoxy) is 1. The lowest BCUT2D eigenvalue weighted by Crippen LogP contribution is -2.39. The average molecular weight is 351 g/mol. The molecule has 0 saturated heterocycles. The molecule has 2 heterocycles. The summed E-state index contributed by atoms with van der Waals surface area (Å²) in [4.78, 5) is 23.9. The quantitative estimate of drug-likeness (QED) is 0.832. The molecule has 2 aromatic rings. The molecular weight excluding hydrogens is 326 g/mol. The van der Waals surface area contributed by atoms with Crippen molar-refractivity contribution in [1.29, 1.82) is 0 Å². The van der Waals surface area contributed by atoms with Crippen molar-refractivity contribution in [2.45, 2.75) is 39.9 Å². The van der Waals surface area contributed by atoms with E-state index in [1.807, 2.05) is 25.3 Å². The van der Waals surface area contributed by atoms with Crippen LogP contribution in [0.15, 0.2) is 12.5 Å². The van der Waals surface area contributed by atoms with Crippen LogP contribution in [0.1, 0.15) is 34.2 Å². The SMILES string of the molecule is COCCn1cncc1CNC(=O)N(C)[C@H](C)c1nc(C)sc1C. The number of nitrogens with one attached hydrogen (secondary N) is 1. The molecule has 0 bridgehead atoms. The molecule has 0 aliphatic carbocycles. The van der Waals surface area contributed by atoms with Crippen LogP contribution in [-0.2, 0) is 17.8 Å². The third-order valence-corrected chi connectivity index (χ3v) is 4.89. The van der Waals surface area contributed by atoms with Crippen molar-refractivity contribution in [3.63, 3.8) is 0 Å². The molecule has 0 aromatic carbocycles. The Morgan fingerprint density at radius 3 is 2.88 bits per heavy atom. The second kappa shape index (κ2) is 8.25. The fourth-order valence-corrected chi connectivity index (χ4v) is 3.38. The fraction of sp³-hybridized carbons (Fsp3) is 0.562. The van der Waals surface area contributed by atoms with Crippen molar-refractivity contribution < 1.29 is 9.53 Å². The molecule has 132 valence electrons. The second-order valence-corrected chi connectivity index (χ2v) is 7.10. The fourth-order valence-electron chi connectivity index (χ4n) is 2.47. The summed E-state index contributed by atoms with van der Waals surface area (Å²) in [6.45, 7) is 7.76. The Morgan fingerprint density at radius 2 is 2.25 bits per heavy atom. The number of imidazole rings is 1. The minimum Gasteiger partial charge on any atom is -0.383 e. The van der Waals surface area contributed by atoms with E-state index in [0.717, 1.165) is 21.3 Å². The number of thiazole rings is 1. The van der Waals surface area contributed by atoms with Gasteiger partial charge < -0.3 is 19.5 Å². The van der Waals surface area contributed by atoms with E-state index in [9.17, 15) is 4.79 Å². The van der Waals surface area contributed by atoms with Gasteiger partial charge in [0.2, 0.25) is 0 Å². The average Bonchev–Trinajstić information content (AvgIpc) is 3.14. The predicted octanol–water partition coefficient (Wildman–Crippen LogP) is 2.51. The number of carbonyl (C=O) groups excluding carboxylic acids is 1. The number of hydrogen-bond acceptors (Lipinski definition) is 5. The Bertz CT molecular complexity index is 682. The standard InChI is InChI=1S/C16H25N5O2S/c1-11(15-12(2)24-13(3)19-15)20(4)16(22)18-9-14-8-17-10-21(14)6-7-23-5/h8,10-11H,6-7,9H2,1-5H3,(H,18,22)/t11-/m1/s1. The number of nitrogens with zero attached hydrogens (tertiary/aromatic N) is 4. The van der Waals surface area contributed by atoms with Gasteiger partial charge >= 0.3 is 6.03 Å². The van der Waals surface area contributed by atoms with E-state index in [2.05, 4.69) is 15.3 Å². The maximum atomic E-state index is 12.4. The zero-order valence-corrected chi connectivity index (χ0v) is 15.7. The summed E-state index contributed by atoms with van der Waals surface area (Å²) in [5.74, 6) is 0. The lowest BCUT2D eigenvalue weighted by Gasteiger charge is -2.24. The molecule has 24 heavy (non-hydrogen) atoms. The maximum absolute atomic E-state index is 12.4. The van der Waals surface area contributed by atoms with Crippen molar-refractivity contribution in [3.05, 3.63) is 33.8 Å². The van der Waals surface area contributed by atoms with Gasteiger partial charge in [0.25, 0.3) is 0 Å². The molecule has 0 aliphatic rings. The highest BCUT2D eigenvalue weighted by atomic mass is 32.1. The van der Waals surface area contributed by atoms with E-state index in [1.165, 1.54) is 0 Å². The van der Waals surface area contributed by atoms with Gasteiger partial charge in [-0.15, -0.1) is 11.3 Å². The number of carbonyl (C=O) groups is 1. The normalized spacial score (nSPS) is 12.2. The lowest BCUT2D eigenvalue weighted by molar-refractivity contribution is 0.185. The first-order chi connectivity index (χ1) is 11.4. The van der Waals surface area contributed by atoms with Crippen LogP contribution in [-0.4, -0.2) is 46.2 Å². The zero-order valence-electron chi connectivity index (χ0n) is 14.9. The molecule has 0 aliphatic heterocycles. The lowest BCUT2D eigenvalue weighted by atomic mass is 10.2. The van der Waals surface area contributed by atoms with Crippen molar-refractivity contribution in [1.82, 2.24) is 24.8 Å². The van der Waals surface area contributed by atoms with Gasteiger partial charge in [-0.1, -0.05) is 0 Å². The Kier molecular flexibility index (Phi) is 6.33. The number of hydrogen-bond donors (Lipinski definition) is 1. The van der Waals surface area contributed by atoms with Crippen molar-refractivity contribution >= 4 is 17.4 Å². The van der Waals surface area contributed by atoms with E-state index in [4.69, 9.17) is 4.74 Å². The smallest absolute Gasteiger partial charge is 0.318 e. The van der Waals surface area contributed by atoms with Gasteiger partial charge in [-0.2, -0.15) is 0 Å². The molecule has 2 rings (SSSR count). The van der Waals surface area contributed by atoms with Gasteiger partial charge in [-0.3, -0.25) is 0 Å². The second-order valence-electron chi connectivity index (χ2n) is 5.69. The van der Waals surface area contributed by atoms with Gasteiger partial charge in [0.05, 0.1) is 41.9 Å². The minimum atomic E-state index is -0.132. The van der Waals surface area contributed by atoms with Crippen molar-refractivity contribution in [2.24, 2.45) is 0 Å². The highest BCUT2D eigenvalue weighted by Crippen LogP contribution is 2.25. The Hall–Kier alpha value is -1.93. The zero-order chi connectivity index (χ0) is 17.7. The summed E-state index contributed by atoms with van der Waals surface area (Å²) in [6, 6.07) is -0.208. The highest BCUT2D eigenvalue weighted by molar-refractivity contribution is 7.11. The van der Waals surface area contributed by atoms with Crippen molar-refractivity contribution in [2.75, 3.05) is 20.8 Å². The summed E-state index contributed by atoms with van der Waals surface area (Å²) in [6.07, 6.45) is 3.50. The van der Waals surface area contributed by atoms with Gasteiger partial charge in [-0.05, 0) is 20.8 Å². The summed E-state index contributed by atoms with van der Waals surface area (Å²) >= 11 is 1.65. The van der Waals surface area contributed by atoms with Crippen LogP contribution in [0.25, 0.3) is 0 Å². The number of aromatic nitrogens is 3. The van der Waals surface area contributed by atoms with Gasteiger partial charge in [0.1, 0.15) is 0 Å². The number of methoxy groups -OCH3 is 1. The maximum Gasteiger partial charge on any atom is 0.318 e. The summed E-state index contributed by atoms with van der Waals surface area (Å²) in [5.41, 5.74) is 1.91. The van der Waals surface area contributed by atoms with E-state index in [1.54, 1.807) is 42.9 Å². The molecule has 0 spiro atoms. The van der Waals surface area contributed by atoms with E-state index in [0.29, 0.717) is 19.7 Å². The van der Waals surface area contributed by atoms with E-state index in [-0.39, 0.29) is 12.1 Å². The van der Waals surface area contributed by atoms with Crippen LogP contribution in [0.4, 0.5) is 4.79 Å². The van der Waals surface area contributed by atoms with Gasteiger partial charge in [-0.25, -0.2) is 14.8 Å². The summed E-state index contributed by atoms with van der Waals surface area (Å²) in [7, 11) is 3.45. The highest BCUT2D eigenvalue weighted by Gasteiger charge is 2.21. The molecule has 2 aromatic heterocycles. The number of aryl methyl sites for hydroxylation is 2. The third kappa shape index (κ3) is 4.33. The molecule has 7 nitrogen and oxygen atoms in total. The largest absolute Gasteiger partial charge is 0.383 e. The monoisotopic (exact) mass is 351 g/mol. The summed E-state index contributed by atoms with van der Waals surface area (Å²) < 4.78 is 7.05. The molecular formula is C16H25N5O2S. The molecule has 0 unspecified atom stereocenters. The Morgan fingerprint density at radius 1 is 1.50 bits per heavy atom. The molecule has 1 atom stereocenters. The number of amides is 2. The molecule has 0 saturated carbocycles. The minimum absolute atomic E-state index is 0.0756. The van der Waals surface area contributed by atoms with Crippen molar-refractivity contribution in [3.8, 4) is 0 Å². The van der Waals surface area contributed by atoms with E-state index < -0.39 is 0 Å². The number of urea groups is 1. The number of rotatable bonds is 7. The predicted molar refractivity (Wildman–Crippen MR) is 94.1 cm³/mol. The Balaban J connectivity index is 1.94. The first-order valence-electron chi connectivity index (χ1n) is 7.86. The first kappa shape index (κ1) is 18.4. The molecule has 1 N–H and O–H groups in total. The molecule has 0 fully saturated rings. The third-order valence-electron chi connectivity index (χ3n) is 3.99. The van der Waals surface area contributed by atoms with Crippen LogP contribution in [0.5, 0.6) is 0 Å². The molecule has 0 radical (unpaired) electrons. The summed E-state index contributed by atoms with van der Waals surface area (Å²) in [5, 5.41) is 3.96. The van der Waals surface area contributed by atoms with E-state index >= 15 is 0 Å². The molecule has 2 amide bonds. The van der Waals surface area contributed by atoms with Crippen LogP contribution in [0.3, 0.4) is 0 Å². The van der Waals surface area contributed by atoms with Crippen LogP contribution < -0.4 is 5.32 Å². The van der Waals surface area contributed by atoms with Gasteiger partial charge in [0, 0.05) is 31.8 Å². The van der Waals surface area contributed by atoms with Crippen LogP contribution in [0, 0.1) is 13.8 Å². The molecule has 8 heteroatoms. The topological polar surface area (TPSA) is 72.3 Å². The van der Waals surface area contributed by atoms with Gasteiger partial charge in [0.15, 0.2) is 0 Å². The van der Waals surface area contributed by atoms with Crippen LogP contribution in [0.2, 0.25) is 0 Å². The van der Waals surface area contributed by atoms with Crippen LogP contribution >= 0.6 is 11.3 Å².